The fourth-order valence-electron chi connectivity index (χ4n) is 1.60. The van der Waals surface area contributed by atoms with Gasteiger partial charge in [0.15, 0.2) is 0 Å². The molecule has 0 aromatic carbocycles. The lowest BCUT2D eigenvalue weighted by atomic mass is 10.1. The Morgan fingerprint density at radius 2 is 2.22 bits per heavy atom. The van der Waals surface area contributed by atoms with Gasteiger partial charge in [0.05, 0.1) is 6.10 Å². The number of hydrogen-bond donors (Lipinski definition) is 1. The van der Waals surface area contributed by atoms with Crippen LogP contribution in [0.15, 0.2) is 0 Å². The van der Waals surface area contributed by atoms with E-state index in [2.05, 4.69) is 0 Å². The van der Waals surface area contributed by atoms with Crippen molar-refractivity contribution in [2.24, 2.45) is 11.7 Å². The van der Waals surface area contributed by atoms with E-state index in [1.807, 2.05) is 0 Å². The summed E-state index contributed by atoms with van der Waals surface area (Å²) in [5.74, 6) is 0.715. The maximum atomic E-state index is 5.67. The van der Waals surface area contributed by atoms with Crippen LogP contribution < -0.4 is 5.73 Å². The lowest BCUT2D eigenvalue weighted by molar-refractivity contribution is 0.0927. The van der Waals surface area contributed by atoms with Crippen molar-refractivity contribution in [1.82, 2.24) is 0 Å². The van der Waals surface area contributed by atoms with Crippen molar-refractivity contribution >= 4 is 0 Å². The zero-order chi connectivity index (χ0) is 6.27. The van der Waals surface area contributed by atoms with Gasteiger partial charge in [-0.05, 0) is 19.3 Å². The molecule has 1 heterocycles. The Labute approximate surface area is 55.4 Å². The fraction of sp³-hybridized carbons (Fsp3) is 1.00. The summed E-state index contributed by atoms with van der Waals surface area (Å²) >= 11 is 0. The first-order valence-corrected chi connectivity index (χ1v) is 3.75. The van der Waals surface area contributed by atoms with Crippen molar-refractivity contribution in [3.8, 4) is 0 Å². The summed E-state index contributed by atoms with van der Waals surface area (Å²) in [6.07, 6.45) is 4.22. The highest BCUT2D eigenvalue weighted by Crippen LogP contribution is 2.37. The number of nitrogens with two attached hydrogens (primary N) is 1. The standard InChI is InChI=1S/C7H13NO/c8-6-4-5(6)7-2-1-3-9-7/h5-7H,1-4,8H2/t5-,6-,7?/m0/s1. The number of ether oxygens (including phenoxy) is 1. The van der Waals surface area contributed by atoms with Gasteiger partial charge in [0.25, 0.3) is 0 Å². The zero-order valence-corrected chi connectivity index (χ0v) is 5.55. The van der Waals surface area contributed by atoms with Crippen molar-refractivity contribution in [2.45, 2.75) is 31.4 Å². The molecule has 2 nitrogen and oxygen atoms in total. The number of rotatable bonds is 1. The van der Waals surface area contributed by atoms with Crippen LogP contribution in [0, 0.1) is 5.92 Å². The zero-order valence-electron chi connectivity index (χ0n) is 5.55. The molecule has 1 unspecified atom stereocenters. The van der Waals surface area contributed by atoms with Gasteiger partial charge in [-0.3, -0.25) is 0 Å². The van der Waals surface area contributed by atoms with Crippen LogP contribution in [0.5, 0.6) is 0 Å². The minimum Gasteiger partial charge on any atom is -0.378 e. The Morgan fingerprint density at radius 3 is 2.67 bits per heavy atom. The van der Waals surface area contributed by atoms with Gasteiger partial charge in [-0.2, -0.15) is 0 Å². The first-order valence-electron chi connectivity index (χ1n) is 3.75. The molecule has 0 spiro atoms. The molecule has 0 amide bonds. The summed E-state index contributed by atoms with van der Waals surface area (Å²) in [6, 6.07) is 0.466. The van der Waals surface area contributed by atoms with Gasteiger partial charge in [0.2, 0.25) is 0 Å². The average Bonchev–Trinajstić information content (AvgIpc) is 2.44. The summed E-state index contributed by atoms with van der Waals surface area (Å²) in [5, 5.41) is 0. The predicted molar refractivity (Wildman–Crippen MR) is 35.1 cm³/mol. The van der Waals surface area contributed by atoms with E-state index in [1.165, 1.54) is 19.3 Å². The molecule has 0 radical (unpaired) electrons. The SMILES string of the molecule is N[C@H]1C[C@@H]1C1CCCO1. The predicted octanol–water partition coefficient (Wildman–Crippen LogP) is 0.513. The normalized spacial score (nSPS) is 49.7. The second-order valence-electron chi connectivity index (χ2n) is 3.11. The molecule has 0 aromatic heterocycles. The molecule has 1 aliphatic heterocycles. The van der Waals surface area contributed by atoms with Crippen molar-refractivity contribution in [2.75, 3.05) is 6.61 Å². The smallest absolute Gasteiger partial charge is 0.0619 e. The van der Waals surface area contributed by atoms with Gasteiger partial charge in [-0.1, -0.05) is 0 Å². The first-order chi connectivity index (χ1) is 4.38. The molecular weight excluding hydrogens is 114 g/mol. The van der Waals surface area contributed by atoms with Crippen molar-refractivity contribution < 1.29 is 4.74 Å². The maximum Gasteiger partial charge on any atom is 0.0619 e. The summed E-state index contributed by atoms with van der Waals surface area (Å²) in [6.45, 7) is 0.966. The molecule has 2 rings (SSSR count). The van der Waals surface area contributed by atoms with Crippen LogP contribution in [-0.2, 0) is 4.74 Å². The van der Waals surface area contributed by atoms with Gasteiger partial charge in [0, 0.05) is 18.6 Å². The van der Waals surface area contributed by atoms with Gasteiger partial charge in [0.1, 0.15) is 0 Å². The molecule has 2 aliphatic rings. The molecule has 3 atom stereocenters. The molecule has 9 heavy (non-hydrogen) atoms. The Kier molecular flexibility index (Phi) is 1.24. The van der Waals surface area contributed by atoms with Crippen LogP contribution in [0.4, 0.5) is 0 Å². The van der Waals surface area contributed by atoms with E-state index in [9.17, 15) is 0 Å². The quantitative estimate of drug-likeness (QED) is 0.557. The molecule has 1 saturated heterocycles. The Bertz CT molecular complexity index is 109. The van der Waals surface area contributed by atoms with Crippen molar-refractivity contribution in [3.63, 3.8) is 0 Å². The Balaban J connectivity index is 1.85. The van der Waals surface area contributed by atoms with E-state index in [4.69, 9.17) is 10.5 Å². The summed E-state index contributed by atoms with van der Waals surface area (Å²) in [7, 11) is 0. The van der Waals surface area contributed by atoms with E-state index < -0.39 is 0 Å². The lowest BCUT2D eigenvalue weighted by Gasteiger charge is -2.05. The third kappa shape index (κ3) is 0.970. The van der Waals surface area contributed by atoms with E-state index in [0.29, 0.717) is 18.1 Å². The number of hydrogen-bond acceptors (Lipinski definition) is 2. The average molecular weight is 127 g/mol. The Morgan fingerprint density at radius 1 is 1.44 bits per heavy atom. The monoisotopic (exact) mass is 127 g/mol. The summed E-state index contributed by atoms with van der Waals surface area (Å²) < 4.78 is 5.47. The molecule has 1 saturated carbocycles. The molecule has 52 valence electrons. The second-order valence-corrected chi connectivity index (χ2v) is 3.11. The molecule has 0 aromatic rings. The summed E-state index contributed by atoms with van der Waals surface area (Å²) in [5.41, 5.74) is 5.67. The van der Waals surface area contributed by atoms with Crippen LogP contribution in [0.1, 0.15) is 19.3 Å². The minimum absolute atomic E-state index is 0.466. The van der Waals surface area contributed by atoms with Crippen LogP contribution in [0.3, 0.4) is 0 Å². The van der Waals surface area contributed by atoms with E-state index in [-0.39, 0.29) is 0 Å². The van der Waals surface area contributed by atoms with E-state index in [0.717, 1.165) is 6.61 Å². The molecule has 2 N–H and O–H groups in total. The molecule has 0 bridgehead atoms. The van der Waals surface area contributed by atoms with Gasteiger partial charge < -0.3 is 10.5 Å². The Hall–Kier alpha value is -0.0800. The lowest BCUT2D eigenvalue weighted by Crippen LogP contribution is -2.14. The maximum absolute atomic E-state index is 5.67. The van der Waals surface area contributed by atoms with Crippen molar-refractivity contribution in [3.05, 3.63) is 0 Å². The van der Waals surface area contributed by atoms with Gasteiger partial charge >= 0.3 is 0 Å². The van der Waals surface area contributed by atoms with Crippen LogP contribution >= 0.6 is 0 Å². The second kappa shape index (κ2) is 1.96. The topological polar surface area (TPSA) is 35.2 Å². The third-order valence-electron chi connectivity index (χ3n) is 2.33. The molecule has 1 aliphatic carbocycles. The van der Waals surface area contributed by atoms with Crippen LogP contribution in [0.2, 0.25) is 0 Å². The third-order valence-corrected chi connectivity index (χ3v) is 2.33. The summed E-state index contributed by atoms with van der Waals surface area (Å²) in [4.78, 5) is 0. The highest BCUT2D eigenvalue weighted by Gasteiger charge is 2.41. The first kappa shape index (κ1) is 5.69. The van der Waals surface area contributed by atoms with E-state index in [1.54, 1.807) is 0 Å². The molecule has 2 fully saturated rings. The van der Waals surface area contributed by atoms with Gasteiger partial charge in [-0.25, -0.2) is 0 Å². The highest BCUT2D eigenvalue weighted by atomic mass is 16.5. The highest BCUT2D eigenvalue weighted by molar-refractivity contribution is 4.96. The molecule has 2 heteroatoms. The minimum atomic E-state index is 0.466. The van der Waals surface area contributed by atoms with Crippen LogP contribution in [0.25, 0.3) is 0 Å². The fourth-order valence-corrected chi connectivity index (χ4v) is 1.60. The van der Waals surface area contributed by atoms with Gasteiger partial charge in [-0.15, -0.1) is 0 Å². The molecular formula is C7H13NO. The van der Waals surface area contributed by atoms with Crippen LogP contribution in [-0.4, -0.2) is 18.8 Å². The van der Waals surface area contributed by atoms with Crippen molar-refractivity contribution in [1.29, 1.82) is 0 Å². The largest absolute Gasteiger partial charge is 0.378 e. The van der Waals surface area contributed by atoms with E-state index >= 15 is 0 Å².